The van der Waals surface area contributed by atoms with Crippen LogP contribution in [0.3, 0.4) is 0 Å². The van der Waals surface area contributed by atoms with Crippen molar-refractivity contribution in [3.63, 3.8) is 0 Å². The minimum Gasteiger partial charge on any atom is -0.359 e. The Labute approximate surface area is 199 Å². The summed E-state index contributed by atoms with van der Waals surface area (Å²) in [6.07, 6.45) is 4.20. The van der Waals surface area contributed by atoms with Gasteiger partial charge in [-0.1, -0.05) is 51.8 Å². The summed E-state index contributed by atoms with van der Waals surface area (Å²) >= 11 is 3.33. The predicted octanol–water partition coefficient (Wildman–Crippen LogP) is 4.44. The summed E-state index contributed by atoms with van der Waals surface area (Å²) in [5.74, 6) is -0.0971. The number of amides is 3. The second-order valence-electron chi connectivity index (χ2n) is 6.90. The molecule has 0 aliphatic carbocycles. The van der Waals surface area contributed by atoms with Crippen molar-refractivity contribution >= 4 is 40.0 Å². The van der Waals surface area contributed by atoms with Crippen molar-refractivity contribution in [1.29, 1.82) is 0 Å². The van der Waals surface area contributed by atoms with Crippen molar-refractivity contribution in [2.45, 2.75) is 53.9 Å². The maximum atomic E-state index is 12.4. The van der Waals surface area contributed by atoms with Gasteiger partial charge in [-0.05, 0) is 47.8 Å². The molecule has 0 spiro atoms. The highest BCUT2D eigenvalue weighted by Crippen LogP contribution is 2.26. The van der Waals surface area contributed by atoms with Crippen LogP contribution in [0, 0.1) is 6.92 Å². The topological polar surface area (TPSA) is 105 Å². The van der Waals surface area contributed by atoms with E-state index in [1.807, 2.05) is 26.0 Å². The van der Waals surface area contributed by atoms with E-state index >= 15 is 0 Å². The van der Waals surface area contributed by atoms with Crippen molar-refractivity contribution < 1.29 is 14.4 Å². The average molecular weight is 510 g/mol. The molecule has 1 aromatic carbocycles. The van der Waals surface area contributed by atoms with Crippen molar-refractivity contribution in [3.05, 3.63) is 45.6 Å². The number of nitrogens with one attached hydrogen (secondary N) is 3. The molecule has 1 heterocycles. The first kappa shape index (κ1) is 29.3. The van der Waals surface area contributed by atoms with Crippen LogP contribution in [-0.4, -0.2) is 41.1 Å². The number of aryl methyl sites for hydroxylation is 2. The summed E-state index contributed by atoms with van der Waals surface area (Å²) in [4.78, 5) is 33.9. The fourth-order valence-electron chi connectivity index (χ4n) is 2.36. The van der Waals surface area contributed by atoms with Gasteiger partial charge < -0.3 is 16.0 Å². The molecule has 8 nitrogen and oxygen atoms in total. The highest BCUT2D eigenvalue weighted by molar-refractivity contribution is 9.10. The SMILES string of the molecule is CCC.CCCCNC=O.CCNC(=O)c1nn(C)c(NC(=O)c2ccccc2C)c1Br. The molecule has 178 valence electrons. The van der Waals surface area contributed by atoms with E-state index in [0.717, 1.165) is 31.4 Å². The summed E-state index contributed by atoms with van der Waals surface area (Å²) in [6, 6.07) is 7.30. The minimum atomic E-state index is -0.290. The zero-order valence-electron chi connectivity index (χ0n) is 19.9. The van der Waals surface area contributed by atoms with Gasteiger partial charge in [0.1, 0.15) is 5.82 Å². The Kier molecular flexibility index (Phi) is 15.5. The number of benzene rings is 1. The molecule has 32 heavy (non-hydrogen) atoms. The molecule has 0 bridgehead atoms. The van der Waals surface area contributed by atoms with E-state index in [1.54, 1.807) is 19.2 Å². The van der Waals surface area contributed by atoms with Crippen LogP contribution in [0.25, 0.3) is 0 Å². The molecule has 0 saturated carbocycles. The molecule has 0 unspecified atom stereocenters. The number of aromatic nitrogens is 2. The molecule has 2 rings (SSSR count). The van der Waals surface area contributed by atoms with Crippen molar-refractivity contribution in [2.24, 2.45) is 7.05 Å². The second kappa shape index (κ2) is 16.9. The Balaban J connectivity index is 0.000000809. The Morgan fingerprint density at radius 3 is 2.28 bits per heavy atom. The predicted molar refractivity (Wildman–Crippen MR) is 133 cm³/mol. The summed E-state index contributed by atoms with van der Waals surface area (Å²) in [6.45, 7) is 11.4. The quantitative estimate of drug-likeness (QED) is 0.361. The lowest BCUT2D eigenvalue weighted by Crippen LogP contribution is -2.23. The van der Waals surface area contributed by atoms with Crippen molar-refractivity contribution in [1.82, 2.24) is 20.4 Å². The lowest BCUT2D eigenvalue weighted by molar-refractivity contribution is -0.109. The maximum absolute atomic E-state index is 12.4. The fourth-order valence-corrected chi connectivity index (χ4v) is 2.98. The van der Waals surface area contributed by atoms with Crippen LogP contribution >= 0.6 is 15.9 Å². The van der Waals surface area contributed by atoms with E-state index in [-0.39, 0.29) is 17.5 Å². The van der Waals surface area contributed by atoms with Crippen LogP contribution in [0.1, 0.15) is 73.4 Å². The lowest BCUT2D eigenvalue weighted by Gasteiger charge is -2.08. The highest BCUT2D eigenvalue weighted by atomic mass is 79.9. The number of rotatable bonds is 8. The van der Waals surface area contributed by atoms with Gasteiger partial charge in [0.25, 0.3) is 11.8 Å². The number of anilines is 1. The highest BCUT2D eigenvalue weighted by Gasteiger charge is 2.21. The first-order valence-corrected chi connectivity index (χ1v) is 11.6. The third-order valence-electron chi connectivity index (χ3n) is 3.92. The molecular formula is C23H36BrN5O3. The van der Waals surface area contributed by atoms with Crippen molar-refractivity contribution in [3.8, 4) is 0 Å². The number of hydrogen-bond donors (Lipinski definition) is 3. The molecule has 0 atom stereocenters. The van der Waals surface area contributed by atoms with Crippen LogP contribution in [0.2, 0.25) is 0 Å². The number of carbonyl (C=O) groups is 3. The van der Waals surface area contributed by atoms with E-state index in [2.05, 4.69) is 57.8 Å². The number of carbonyl (C=O) groups excluding carboxylic acids is 3. The maximum Gasteiger partial charge on any atom is 0.273 e. The molecule has 0 aliphatic heterocycles. The van der Waals surface area contributed by atoms with Crippen LogP contribution in [0.5, 0.6) is 0 Å². The minimum absolute atomic E-state index is 0.240. The largest absolute Gasteiger partial charge is 0.359 e. The fraction of sp³-hybridized carbons (Fsp3) is 0.478. The summed E-state index contributed by atoms with van der Waals surface area (Å²) in [7, 11) is 1.67. The third-order valence-corrected chi connectivity index (χ3v) is 4.67. The standard InChI is InChI=1S/C15H17BrN4O2.C5H11NO.C3H8/c1-4-17-15(22)12-11(16)13(20(3)19-12)18-14(21)10-8-6-5-7-9(10)2;1-2-3-4-6-5-7;1-3-2/h5-8H,4H2,1-3H3,(H,17,22)(H,18,21);5H,2-4H2,1H3,(H,6,7);3H2,1-2H3. The van der Waals surface area contributed by atoms with Gasteiger partial charge in [-0.2, -0.15) is 5.10 Å². The van der Waals surface area contributed by atoms with Gasteiger partial charge in [-0.15, -0.1) is 0 Å². The summed E-state index contributed by atoms with van der Waals surface area (Å²) in [5.41, 5.74) is 1.70. The molecule has 9 heteroatoms. The smallest absolute Gasteiger partial charge is 0.273 e. The van der Waals surface area contributed by atoms with E-state index in [0.29, 0.717) is 22.4 Å². The molecule has 3 N–H and O–H groups in total. The van der Waals surface area contributed by atoms with Gasteiger partial charge in [0.05, 0.1) is 4.47 Å². The number of halogens is 1. The Bertz CT molecular complexity index is 852. The molecule has 1 aromatic heterocycles. The number of nitrogens with zero attached hydrogens (tertiary/aromatic N) is 2. The second-order valence-corrected chi connectivity index (χ2v) is 7.69. The molecule has 0 radical (unpaired) electrons. The molecular weight excluding hydrogens is 474 g/mol. The van der Waals surface area contributed by atoms with Gasteiger partial charge in [-0.25, -0.2) is 0 Å². The normalized spacial score (nSPS) is 9.47. The Morgan fingerprint density at radius 1 is 1.12 bits per heavy atom. The molecule has 0 saturated heterocycles. The van der Waals surface area contributed by atoms with Gasteiger partial charge in [0.15, 0.2) is 5.69 Å². The monoisotopic (exact) mass is 509 g/mol. The number of hydrogen-bond acceptors (Lipinski definition) is 4. The zero-order chi connectivity index (χ0) is 24.5. The lowest BCUT2D eigenvalue weighted by atomic mass is 10.1. The average Bonchev–Trinajstić information content (AvgIpc) is 3.04. The first-order chi connectivity index (χ1) is 15.3. The third kappa shape index (κ3) is 10.1. The van der Waals surface area contributed by atoms with Gasteiger partial charge in [0.2, 0.25) is 6.41 Å². The van der Waals surface area contributed by atoms with Gasteiger partial charge >= 0.3 is 0 Å². The van der Waals surface area contributed by atoms with Crippen LogP contribution < -0.4 is 16.0 Å². The summed E-state index contributed by atoms with van der Waals surface area (Å²) < 4.78 is 1.92. The zero-order valence-corrected chi connectivity index (χ0v) is 21.5. The molecule has 0 aliphatic rings. The van der Waals surface area contributed by atoms with Gasteiger partial charge in [-0.3, -0.25) is 19.1 Å². The van der Waals surface area contributed by atoms with E-state index in [1.165, 1.54) is 11.1 Å². The van der Waals surface area contributed by atoms with Crippen LogP contribution in [0.4, 0.5) is 5.82 Å². The molecule has 0 fully saturated rings. The van der Waals surface area contributed by atoms with E-state index in [9.17, 15) is 14.4 Å². The summed E-state index contributed by atoms with van der Waals surface area (Å²) in [5, 5.41) is 12.2. The van der Waals surface area contributed by atoms with E-state index < -0.39 is 0 Å². The molecule has 2 aromatic rings. The molecule has 3 amide bonds. The van der Waals surface area contributed by atoms with Crippen molar-refractivity contribution in [2.75, 3.05) is 18.4 Å². The number of unbranched alkanes of at least 4 members (excludes halogenated alkanes) is 1. The van der Waals surface area contributed by atoms with Crippen LogP contribution in [0.15, 0.2) is 28.7 Å². The Morgan fingerprint density at radius 2 is 1.75 bits per heavy atom. The first-order valence-electron chi connectivity index (χ1n) is 10.8. The Hall–Kier alpha value is -2.68. The van der Waals surface area contributed by atoms with E-state index in [4.69, 9.17) is 0 Å². The van der Waals surface area contributed by atoms with Crippen LogP contribution in [-0.2, 0) is 11.8 Å². The van der Waals surface area contributed by atoms with Gasteiger partial charge in [0, 0.05) is 25.7 Å².